The van der Waals surface area contributed by atoms with Crippen LogP contribution in [0.4, 0.5) is 18.9 Å². The smallest absolute Gasteiger partial charge is 0.454 e. The highest BCUT2D eigenvalue weighted by atomic mass is 79.9. The number of ether oxygens (including phenoxy) is 1. The van der Waals surface area contributed by atoms with E-state index in [0.717, 1.165) is 10.7 Å². The van der Waals surface area contributed by atoms with E-state index in [-0.39, 0.29) is 0 Å². The molecule has 1 saturated heterocycles. The molecule has 0 aromatic heterocycles. The Kier molecular flexibility index (Phi) is 7.00. The molecule has 1 N–H and O–H groups in total. The van der Waals surface area contributed by atoms with Crippen LogP contribution in [-0.4, -0.2) is 47.9 Å². The summed E-state index contributed by atoms with van der Waals surface area (Å²) in [5, 5.41) is 2.55. The first-order valence-corrected chi connectivity index (χ1v) is 8.73. The summed E-state index contributed by atoms with van der Waals surface area (Å²) in [6.07, 6.45) is -2.73. The Balaban J connectivity index is 1.85. The number of allylic oxidation sites excluding steroid dienone is 1. The van der Waals surface area contributed by atoms with Crippen LogP contribution in [0.15, 0.2) is 41.0 Å². The third-order valence-corrected chi connectivity index (χ3v) is 4.27. The third-order valence-electron chi connectivity index (χ3n) is 3.74. The molecule has 0 radical (unpaired) electrons. The number of hydrogen-bond donors (Lipinski definition) is 1. The molecule has 1 heterocycles. The quantitative estimate of drug-likeness (QED) is 0.534. The van der Waals surface area contributed by atoms with Crippen molar-refractivity contribution in [2.45, 2.75) is 25.1 Å². The van der Waals surface area contributed by atoms with Crippen LogP contribution < -0.4 is 5.32 Å². The summed E-state index contributed by atoms with van der Waals surface area (Å²) in [5.41, 5.74) is 0.523. The molecule has 1 aliphatic rings. The molecule has 1 aromatic carbocycles. The van der Waals surface area contributed by atoms with E-state index in [1.165, 1.54) is 4.90 Å². The molecule has 1 aromatic rings. The maximum atomic E-state index is 12.2. The Morgan fingerprint density at radius 2 is 1.93 bits per heavy atom. The van der Waals surface area contributed by atoms with Crippen LogP contribution in [0.5, 0.6) is 0 Å². The number of nitrogens with zero attached hydrogens (tertiary/aromatic N) is 1. The lowest BCUT2D eigenvalue weighted by Crippen LogP contribution is -2.35. The van der Waals surface area contributed by atoms with E-state index >= 15 is 0 Å². The first-order chi connectivity index (χ1) is 12.7. The van der Waals surface area contributed by atoms with E-state index in [0.29, 0.717) is 31.1 Å². The molecule has 0 saturated carbocycles. The van der Waals surface area contributed by atoms with Crippen molar-refractivity contribution >= 4 is 39.3 Å². The number of hydrogen-bond acceptors (Lipinski definition) is 5. The lowest BCUT2D eigenvalue weighted by Gasteiger charge is -2.21. The van der Waals surface area contributed by atoms with Gasteiger partial charge in [-0.2, -0.15) is 13.2 Å². The monoisotopic (exact) mass is 448 g/mol. The molecular weight excluding hydrogens is 433 g/mol. The molecule has 146 valence electrons. The number of alkyl halides is 3. The molecular formula is C17H16BrF3N2O4. The fraction of sp³-hybridized carbons (Fsp3) is 0.353. The highest BCUT2D eigenvalue weighted by Crippen LogP contribution is 2.21. The van der Waals surface area contributed by atoms with Crippen LogP contribution in [0.1, 0.15) is 12.8 Å². The Bertz CT molecular complexity index is 735. The van der Waals surface area contributed by atoms with Crippen LogP contribution >= 0.6 is 15.9 Å². The molecule has 27 heavy (non-hydrogen) atoms. The zero-order valence-corrected chi connectivity index (χ0v) is 15.5. The highest BCUT2D eigenvalue weighted by molar-refractivity contribution is 9.10. The molecule has 1 atom stereocenters. The van der Waals surface area contributed by atoms with E-state index in [1.807, 2.05) is 0 Å². The summed E-state index contributed by atoms with van der Waals surface area (Å²) < 4.78 is 42.5. The van der Waals surface area contributed by atoms with Crippen molar-refractivity contribution in [1.29, 1.82) is 0 Å². The maximum absolute atomic E-state index is 12.2. The van der Waals surface area contributed by atoms with Gasteiger partial charge in [-0.25, -0.2) is 4.79 Å². The second-order valence-electron chi connectivity index (χ2n) is 5.74. The van der Waals surface area contributed by atoms with Crippen molar-refractivity contribution in [2.75, 3.05) is 18.5 Å². The van der Waals surface area contributed by atoms with Gasteiger partial charge in [0.2, 0.25) is 0 Å². The predicted octanol–water partition coefficient (Wildman–Crippen LogP) is 3.04. The Morgan fingerprint density at radius 1 is 1.26 bits per heavy atom. The van der Waals surface area contributed by atoms with Crippen molar-refractivity contribution in [1.82, 2.24) is 4.90 Å². The lowest BCUT2D eigenvalue weighted by atomic mass is 10.2. The highest BCUT2D eigenvalue weighted by Gasteiger charge is 2.37. The number of nitrogens with one attached hydrogen (secondary N) is 1. The zero-order chi connectivity index (χ0) is 20.0. The molecule has 1 unspecified atom stereocenters. The topological polar surface area (TPSA) is 75.7 Å². The van der Waals surface area contributed by atoms with Gasteiger partial charge in [-0.1, -0.05) is 15.9 Å². The fourth-order valence-electron chi connectivity index (χ4n) is 2.44. The number of halogens is 4. The second kappa shape index (κ2) is 9.03. The first kappa shape index (κ1) is 20.9. The number of ketones is 1. The van der Waals surface area contributed by atoms with Gasteiger partial charge in [0.1, 0.15) is 6.04 Å². The Hall–Kier alpha value is -2.36. The summed E-state index contributed by atoms with van der Waals surface area (Å²) in [7, 11) is 0. The van der Waals surface area contributed by atoms with E-state index in [2.05, 4.69) is 21.2 Å². The van der Waals surface area contributed by atoms with Gasteiger partial charge in [-0.15, -0.1) is 0 Å². The molecule has 1 aliphatic heterocycles. The van der Waals surface area contributed by atoms with Gasteiger partial charge in [-0.05, 0) is 37.1 Å². The molecule has 0 bridgehead atoms. The normalized spacial score (nSPS) is 17.2. The van der Waals surface area contributed by atoms with Crippen molar-refractivity contribution in [3.8, 4) is 0 Å². The number of likely N-dealkylation sites (tertiary alicyclic amines) is 1. The number of esters is 1. The standard InChI is InChI=1S/C17H16BrF3N2O4/c18-11-3-5-12(6-4-11)22-15(25)10-27-16(26)13-2-1-8-23(13)9-7-14(24)17(19,20)21/h3-7,9,13H,1-2,8,10H2,(H,22,25). The SMILES string of the molecule is O=C(COC(=O)C1CCCN1C=CC(=O)C(F)(F)F)Nc1ccc(Br)cc1. The largest absolute Gasteiger partial charge is 0.454 e. The minimum Gasteiger partial charge on any atom is -0.454 e. The van der Waals surface area contributed by atoms with Crippen molar-refractivity contribution in [3.63, 3.8) is 0 Å². The zero-order valence-electron chi connectivity index (χ0n) is 14.0. The molecule has 10 heteroatoms. The second-order valence-corrected chi connectivity index (χ2v) is 6.65. The number of rotatable bonds is 6. The van der Waals surface area contributed by atoms with Gasteiger partial charge in [0.05, 0.1) is 0 Å². The van der Waals surface area contributed by atoms with Crippen LogP contribution in [0.3, 0.4) is 0 Å². The lowest BCUT2D eigenvalue weighted by molar-refractivity contribution is -0.165. The van der Waals surface area contributed by atoms with Crippen LogP contribution in [0.25, 0.3) is 0 Å². The molecule has 1 amide bonds. The van der Waals surface area contributed by atoms with E-state index in [4.69, 9.17) is 4.74 Å². The third kappa shape index (κ3) is 6.38. The average Bonchev–Trinajstić information content (AvgIpc) is 3.07. The van der Waals surface area contributed by atoms with Crippen LogP contribution in [0.2, 0.25) is 0 Å². The van der Waals surface area contributed by atoms with Gasteiger partial charge >= 0.3 is 12.1 Å². The number of carbonyl (C=O) groups is 3. The van der Waals surface area contributed by atoms with Gasteiger partial charge in [-0.3, -0.25) is 9.59 Å². The fourth-order valence-corrected chi connectivity index (χ4v) is 2.71. The van der Waals surface area contributed by atoms with Crippen molar-refractivity contribution < 1.29 is 32.3 Å². The van der Waals surface area contributed by atoms with Gasteiger partial charge < -0.3 is 15.0 Å². The number of carbonyl (C=O) groups excluding carboxylic acids is 3. The molecule has 6 nitrogen and oxygen atoms in total. The molecule has 1 fully saturated rings. The van der Waals surface area contributed by atoms with E-state index in [9.17, 15) is 27.6 Å². The van der Waals surface area contributed by atoms with Crippen molar-refractivity contribution in [3.05, 3.63) is 41.0 Å². The summed E-state index contributed by atoms with van der Waals surface area (Å²) in [6.45, 7) is -0.211. The van der Waals surface area contributed by atoms with E-state index < -0.39 is 36.5 Å². The molecule has 0 aliphatic carbocycles. The summed E-state index contributed by atoms with van der Waals surface area (Å²) >= 11 is 3.26. The van der Waals surface area contributed by atoms with Gasteiger partial charge in [0.25, 0.3) is 11.7 Å². The number of amides is 1. The average molecular weight is 449 g/mol. The number of benzene rings is 1. The Morgan fingerprint density at radius 3 is 2.56 bits per heavy atom. The van der Waals surface area contributed by atoms with Crippen LogP contribution in [0, 0.1) is 0 Å². The molecule has 0 spiro atoms. The molecule has 2 rings (SSSR count). The maximum Gasteiger partial charge on any atom is 0.454 e. The van der Waals surface area contributed by atoms with Crippen molar-refractivity contribution in [2.24, 2.45) is 0 Å². The summed E-state index contributed by atoms with van der Waals surface area (Å²) in [5.74, 6) is -3.28. The van der Waals surface area contributed by atoms with Gasteiger partial charge in [0.15, 0.2) is 6.61 Å². The summed E-state index contributed by atoms with van der Waals surface area (Å²) in [6, 6.07) is 5.94. The minimum atomic E-state index is -4.96. The van der Waals surface area contributed by atoms with E-state index in [1.54, 1.807) is 24.3 Å². The van der Waals surface area contributed by atoms with Crippen LogP contribution in [-0.2, 0) is 19.1 Å². The number of anilines is 1. The van der Waals surface area contributed by atoms with Gasteiger partial charge in [0, 0.05) is 29.0 Å². The predicted molar refractivity (Wildman–Crippen MR) is 93.7 cm³/mol. The minimum absolute atomic E-state index is 0.312. The Labute approximate surface area is 161 Å². The summed E-state index contributed by atoms with van der Waals surface area (Å²) in [4.78, 5) is 36.1. The first-order valence-electron chi connectivity index (χ1n) is 7.94.